The second-order valence-electron chi connectivity index (χ2n) is 3.40. The molecule has 0 aliphatic carbocycles. The molecule has 0 aliphatic rings. The number of amides is 1. The Morgan fingerprint density at radius 3 is 3.06 bits per heavy atom. The zero-order valence-corrected chi connectivity index (χ0v) is 11.4. The summed E-state index contributed by atoms with van der Waals surface area (Å²) >= 11 is 2.19. The van der Waals surface area contributed by atoms with E-state index in [1.807, 2.05) is 29.7 Å². The van der Waals surface area contributed by atoms with E-state index in [1.165, 1.54) is 6.07 Å². The minimum Gasteiger partial charge on any atom is -0.486 e. The van der Waals surface area contributed by atoms with Gasteiger partial charge in [-0.3, -0.25) is 10.2 Å². The fraction of sp³-hybridized carbons (Fsp3) is 0.0909. The second kappa shape index (κ2) is 5.83. The Bertz CT molecular complexity index is 556. The van der Waals surface area contributed by atoms with Crippen LogP contribution in [0, 0.1) is 3.57 Å². The molecule has 94 valence electrons. The van der Waals surface area contributed by atoms with E-state index in [9.17, 15) is 4.79 Å². The molecule has 0 bridgehead atoms. The highest BCUT2D eigenvalue weighted by Crippen LogP contribution is 2.16. The summed E-state index contributed by atoms with van der Waals surface area (Å²) in [6.07, 6.45) is 0. The van der Waals surface area contributed by atoms with Gasteiger partial charge in [0.25, 0.3) is 5.91 Å². The second-order valence-corrected chi connectivity index (χ2v) is 4.64. The molecule has 2 aromatic rings. The van der Waals surface area contributed by atoms with Gasteiger partial charge in [0.05, 0.1) is 0 Å². The van der Waals surface area contributed by atoms with E-state index in [0.29, 0.717) is 5.76 Å². The van der Waals surface area contributed by atoms with Crippen molar-refractivity contribution in [2.45, 2.75) is 6.61 Å². The van der Waals surface area contributed by atoms with Gasteiger partial charge < -0.3 is 9.26 Å². The highest BCUT2D eigenvalue weighted by Gasteiger charge is 2.11. The number of hydrogen-bond acceptors (Lipinski definition) is 5. The van der Waals surface area contributed by atoms with Crippen LogP contribution in [0.3, 0.4) is 0 Å². The number of hydrazine groups is 1. The van der Waals surface area contributed by atoms with Crippen molar-refractivity contribution in [3.8, 4) is 5.75 Å². The van der Waals surface area contributed by atoms with Gasteiger partial charge in [0.15, 0.2) is 11.5 Å². The fourth-order valence-electron chi connectivity index (χ4n) is 1.27. The first-order chi connectivity index (χ1) is 8.69. The number of ether oxygens (including phenoxy) is 1. The van der Waals surface area contributed by atoms with Gasteiger partial charge in [-0.15, -0.1) is 0 Å². The number of carbonyl (C=O) groups is 1. The first-order valence-corrected chi connectivity index (χ1v) is 6.12. The number of nitrogen functional groups attached to an aromatic ring is 1. The lowest BCUT2D eigenvalue weighted by atomic mass is 10.3. The zero-order valence-electron chi connectivity index (χ0n) is 9.22. The van der Waals surface area contributed by atoms with Crippen LogP contribution in [0.4, 0.5) is 0 Å². The average molecular weight is 359 g/mol. The molecule has 0 saturated heterocycles. The Kier molecular flexibility index (Phi) is 4.15. The third-order valence-electron chi connectivity index (χ3n) is 2.10. The molecule has 0 fully saturated rings. The average Bonchev–Trinajstić information content (AvgIpc) is 2.84. The predicted octanol–water partition coefficient (Wildman–Crippen LogP) is 1.46. The van der Waals surface area contributed by atoms with Crippen molar-refractivity contribution in [3.05, 3.63) is 45.4 Å². The number of rotatable bonds is 4. The predicted molar refractivity (Wildman–Crippen MR) is 71.6 cm³/mol. The van der Waals surface area contributed by atoms with Crippen molar-refractivity contribution in [2.75, 3.05) is 0 Å². The van der Waals surface area contributed by atoms with Gasteiger partial charge in [0.2, 0.25) is 0 Å². The monoisotopic (exact) mass is 359 g/mol. The lowest BCUT2D eigenvalue weighted by molar-refractivity contribution is 0.0944. The van der Waals surface area contributed by atoms with E-state index >= 15 is 0 Å². The number of hydrogen-bond donors (Lipinski definition) is 2. The largest absolute Gasteiger partial charge is 0.486 e. The quantitative estimate of drug-likeness (QED) is 0.373. The zero-order chi connectivity index (χ0) is 13.0. The molecule has 1 aromatic carbocycles. The Labute approximate surface area is 117 Å². The number of carbonyl (C=O) groups excluding carboxylic acids is 1. The maximum Gasteiger partial charge on any atom is 0.287 e. The number of aromatic nitrogens is 1. The Morgan fingerprint density at radius 2 is 2.33 bits per heavy atom. The molecule has 0 unspecified atom stereocenters. The third kappa shape index (κ3) is 3.20. The smallest absolute Gasteiger partial charge is 0.287 e. The van der Waals surface area contributed by atoms with Crippen LogP contribution in [-0.2, 0) is 6.61 Å². The summed E-state index contributed by atoms with van der Waals surface area (Å²) in [7, 11) is 0. The van der Waals surface area contributed by atoms with Crippen molar-refractivity contribution in [2.24, 2.45) is 5.84 Å². The molecule has 1 aromatic heterocycles. The first kappa shape index (κ1) is 12.8. The van der Waals surface area contributed by atoms with Crippen molar-refractivity contribution in [3.63, 3.8) is 0 Å². The minimum atomic E-state index is -0.501. The molecule has 1 amide bonds. The maximum absolute atomic E-state index is 11.1. The van der Waals surface area contributed by atoms with E-state index < -0.39 is 5.91 Å². The lowest BCUT2D eigenvalue weighted by Crippen LogP contribution is -2.30. The molecule has 6 nitrogen and oxygen atoms in total. The normalized spacial score (nSPS) is 10.1. The van der Waals surface area contributed by atoms with Gasteiger partial charge in [-0.1, -0.05) is 11.2 Å². The van der Waals surface area contributed by atoms with Gasteiger partial charge in [-0.2, -0.15) is 0 Å². The maximum atomic E-state index is 11.1. The van der Waals surface area contributed by atoms with Crippen LogP contribution >= 0.6 is 22.6 Å². The number of benzene rings is 1. The summed E-state index contributed by atoms with van der Waals surface area (Å²) in [5.41, 5.74) is 2.10. The van der Waals surface area contributed by atoms with Gasteiger partial charge in [0.1, 0.15) is 12.4 Å². The van der Waals surface area contributed by atoms with E-state index in [2.05, 4.69) is 27.7 Å². The van der Waals surface area contributed by atoms with Crippen LogP contribution in [0.15, 0.2) is 34.9 Å². The van der Waals surface area contributed by atoms with E-state index in [-0.39, 0.29) is 12.3 Å². The SMILES string of the molecule is NNC(=O)c1cc(COc2cccc(I)c2)on1. The molecule has 0 atom stereocenters. The van der Waals surface area contributed by atoms with Gasteiger partial charge in [-0.05, 0) is 40.8 Å². The van der Waals surface area contributed by atoms with Crippen molar-refractivity contribution < 1.29 is 14.1 Å². The lowest BCUT2D eigenvalue weighted by Gasteiger charge is -2.03. The number of nitrogens with zero attached hydrogens (tertiary/aromatic N) is 1. The Morgan fingerprint density at radius 1 is 1.50 bits per heavy atom. The number of halogens is 1. The summed E-state index contributed by atoms with van der Waals surface area (Å²) in [6, 6.07) is 9.07. The van der Waals surface area contributed by atoms with E-state index in [1.54, 1.807) is 0 Å². The van der Waals surface area contributed by atoms with E-state index in [0.717, 1.165) is 9.32 Å². The van der Waals surface area contributed by atoms with Crippen molar-refractivity contribution in [1.82, 2.24) is 10.6 Å². The van der Waals surface area contributed by atoms with Crippen LogP contribution in [0.5, 0.6) is 5.75 Å². The molecule has 7 heteroatoms. The standard InChI is InChI=1S/C11H10IN3O3/c12-7-2-1-3-8(4-7)17-6-9-5-10(15-18-9)11(16)14-13/h1-5H,6,13H2,(H,14,16). The molecule has 0 radical (unpaired) electrons. The van der Waals surface area contributed by atoms with Crippen LogP contribution in [0.2, 0.25) is 0 Å². The van der Waals surface area contributed by atoms with Crippen molar-refractivity contribution in [1.29, 1.82) is 0 Å². The van der Waals surface area contributed by atoms with Gasteiger partial charge in [-0.25, -0.2) is 5.84 Å². The third-order valence-corrected chi connectivity index (χ3v) is 2.77. The van der Waals surface area contributed by atoms with Gasteiger partial charge in [0, 0.05) is 9.64 Å². The molecule has 2 rings (SSSR count). The highest BCUT2D eigenvalue weighted by molar-refractivity contribution is 14.1. The Hall–Kier alpha value is -1.61. The highest BCUT2D eigenvalue weighted by atomic mass is 127. The number of nitrogens with two attached hydrogens (primary N) is 1. The first-order valence-electron chi connectivity index (χ1n) is 5.04. The summed E-state index contributed by atoms with van der Waals surface area (Å²) in [5, 5.41) is 3.57. The molecule has 0 spiro atoms. The molecular weight excluding hydrogens is 349 g/mol. The van der Waals surface area contributed by atoms with E-state index in [4.69, 9.17) is 15.1 Å². The van der Waals surface area contributed by atoms with Crippen LogP contribution in [0.25, 0.3) is 0 Å². The molecule has 0 aliphatic heterocycles. The van der Waals surface area contributed by atoms with Crippen LogP contribution in [-0.4, -0.2) is 11.1 Å². The minimum absolute atomic E-state index is 0.124. The molecule has 1 heterocycles. The summed E-state index contributed by atoms with van der Waals surface area (Å²) in [6.45, 7) is 0.199. The fourth-order valence-corrected chi connectivity index (χ4v) is 1.79. The summed E-state index contributed by atoms with van der Waals surface area (Å²) in [4.78, 5) is 11.1. The van der Waals surface area contributed by atoms with Crippen LogP contribution in [0.1, 0.15) is 16.2 Å². The van der Waals surface area contributed by atoms with Crippen molar-refractivity contribution >= 4 is 28.5 Å². The summed E-state index contributed by atoms with van der Waals surface area (Å²) < 4.78 is 11.5. The molecular formula is C11H10IN3O3. The molecule has 18 heavy (non-hydrogen) atoms. The molecule has 0 saturated carbocycles. The number of nitrogens with one attached hydrogen (secondary N) is 1. The Balaban J connectivity index is 1.98. The van der Waals surface area contributed by atoms with Crippen LogP contribution < -0.4 is 16.0 Å². The molecule has 3 N–H and O–H groups in total. The topological polar surface area (TPSA) is 90.4 Å². The van der Waals surface area contributed by atoms with Gasteiger partial charge >= 0.3 is 0 Å². The summed E-state index contributed by atoms with van der Waals surface area (Å²) in [5.74, 6) is 5.66.